The smallest absolute Gasteiger partial charge is 0.238 e. The van der Waals surface area contributed by atoms with Gasteiger partial charge in [-0.3, -0.25) is 14.5 Å². The number of carbonyl (C=O) groups excluding carboxylic acids is 2. The number of benzene rings is 2. The largest absolute Gasteiger partial charge is 0.497 e. The third-order valence-electron chi connectivity index (χ3n) is 3.31. The average molecular weight is 362 g/mol. The maximum atomic E-state index is 12.1. The lowest BCUT2D eigenvalue weighted by atomic mass is 10.3. The van der Waals surface area contributed by atoms with Gasteiger partial charge in [0, 0.05) is 22.5 Å². The Kier molecular flexibility index (Phi) is 6.80. The first kappa shape index (κ1) is 18.8. The van der Waals surface area contributed by atoms with Crippen LogP contribution < -0.4 is 15.4 Å². The van der Waals surface area contributed by atoms with Crippen LogP contribution in [-0.2, 0) is 9.59 Å². The van der Waals surface area contributed by atoms with Crippen molar-refractivity contribution < 1.29 is 14.3 Å². The SMILES string of the molecule is COc1cccc(NC(=O)CN(C)CC(=O)Nc2ccc(Cl)cc2)c1. The molecule has 7 heteroatoms. The summed E-state index contributed by atoms with van der Waals surface area (Å²) in [5.74, 6) is 0.238. The van der Waals surface area contributed by atoms with Crippen LogP contribution >= 0.6 is 11.6 Å². The lowest BCUT2D eigenvalue weighted by Gasteiger charge is -2.16. The molecule has 6 nitrogen and oxygen atoms in total. The summed E-state index contributed by atoms with van der Waals surface area (Å²) in [5.41, 5.74) is 1.30. The molecule has 0 aromatic heterocycles. The van der Waals surface area contributed by atoms with Gasteiger partial charge in [0.25, 0.3) is 0 Å². The summed E-state index contributed by atoms with van der Waals surface area (Å²) in [4.78, 5) is 25.7. The van der Waals surface area contributed by atoms with Crippen LogP contribution in [0.2, 0.25) is 5.02 Å². The highest BCUT2D eigenvalue weighted by Crippen LogP contribution is 2.16. The van der Waals surface area contributed by atoms with E-state index in [1.54, 1.807) is 67.6 Å². The lowest BCUT2D eigenvalue weighted by Crippen LogP contribution is -2.36. The van der Waals surface area contributed by atoms with Gasteiger partial charge >= 0.3 is 0 Å². The summed E-state index contributed by atoms with van der Waals surface area (Å²) < 4.78 is 5.11. The maximum Gasteiger partial charge on any atom is 0.238 e. The summed E-state index contributed by atoms with van der Waals surface area (Å²) in [6.07, 6.45) is 0. The van der Waals surface area contributed by atoms with Gasteiger partial charge in [0.2, 0.25) is 11.8 Å². The third-order valence-corrected chi connectivity index (χ3v) is 3.56. The number of nitrogens with one attached hydrogen (secondary N) is 2. The van der Waals surface area contributed by atoms with Gasteiger partial charge in [-0.2, -0.15) is 0 Å². The van der Waals surface area contributed by atoms with E-state index in [0.717, 1.165) is 0 Å². The molecule has 2 aromatic carbocycles. The summed E-state index contributed by atoms with van der Waals surface area (Å²) in [6, 6.07) is 13.9. The van der Waals surface area contributed by atoms with Gasteiger partial charge in [-0.15, -0.1) is 0 Å². The molecule has 2 N–H and O–H groups in total. The second-order valence-electron chi connectivity index (χ2n) is 5.51. The summed E-state index contributed by atoms with van der Waals surface area (Å²) in [7, 11) is 3.26. The van der Waals surface area contributed by atoms with E-state index in [1.807, 2.05) is 0 Å². The molecule has 2 aromatic rings. The number of hydrogen-bond acceptors (Lipinski definition) is 4. The number of halogens is 1. The Balaban J connectivity index is 1.80. The Morgan fingerprint density at radius 1 is 1.00 bits per heavy atom. The van der Waals surface area contributed by atoms with Crippen LogP contribution in [-0.4, -0.2) is 44.0 Å². The molecule has 0 aliphatic heterocycles. The molecule has 0 heterocycles. The number of hydrogen-bond donors (Lipinski definition) is 2. The van der Waals surface area contributed by atoms with E-state index in [1.165, 1.54) is 0 Å². The molecule has 0 atom stereocenters. The highest BCUT2D eigenvalue weighted by atomic mass is 35.5. The van der Waals surface area contributed by atoms with Crippen LogP contribution in [0.4, 0.5) is 11.4 Å². The van der Waals surface area contributed by atoms with E-state index < -0.39 is 0 Å². The van der Waals surface area contributed by atoms with Crippen molar-refractivity contribution in [2.24, 2.45) is 0 Å². The van der Waals surface area contributed by atoms with E-state index >= 15 is 0 Å². The van der Waals surface area contributed by atoms with Crippen molar-refractivity contribution in [3.63, 3.8) is 0 Å². The van der Waals surface area contributed by atoms with Gasteiger partial charge in [0.05, 0.1) is 20.2 Å². The number of anilines is 2. The second-order valence-corrected chi connectivity index (χ2v) is 5.94. The number of likely N-dealkylation sites (N-methyl/N-ethyl adjacent to an activating group) is 1. The van der Waals surface area contributed by atoms with E-state index in [-0.39, 0.29) is 24.9 Å². The molecule has 0 radical (unpaired) electrons. The van der Waals surface area contributed by atoms with Crippen molar-refractivity contribution in [3.05, 3.63) is 53.6 Å². The van der Waals surface area contributed by atoms with Gasteiger partial charge in [-0.05, 0) is 43.4 Å². The van der Waals surface area contributed by atoms with Crippen LogP contribution in [0.25, 0.3) is 0 Å². The maximum absolute atomic E-state index is 12.1. The molecule has 0 bridgehead atoms. The molecule has 0 spiro atoms. The topological polar surface area (TPSA) is 70.7 Å². The van der Waals surface area contributed by atoms with Gasteiger partial charge in [-0.1, -0.05) is 17.7 Å². The van der Waals surface area contributed by atoms with Crippen LogP contribution in [0.1, 0.15) is 0 Å². The van der Waals surface area contributed by atoms with Gasteiger partial charge in [0.15, 0.2) is 0 Å². The van der Waals surface area contributed by atoms with E-state index in [9.17, 15) is 9.59 Å². The van der Waals surface area contributed by atoms with Crippen molar-refractivity contribution in [2.75, 3.05) is 37.9 Å². The Labute approximate surface area is 151 Å². The zero-order chi connectivity index (χ0) is 18.2. The Hall–Kier alpha value is -2.57. The molecule has 0 unspecified atom stereocenters. The van der Waals surface area contributed by atoms with Crippen molar-refractivity contribution >= 4 is 34.8 Å². The zero-order valence-corrected chi connectivity index (χ0v) is 14.8. The zero-order valence-electron chi connectivity index (χ0n) is 14.1. The number of methoxy groups -OCH3 is 1. The van der Waals surface area contributed by atoms with Crippen molar-refractivity contribution in [3.8, 4) is 5.75 Å². The molecule has 0 saturated carbocycles. The Morgan fingerprint density at radius 3 is 2.20 bits per heavy atom. The predicted molar refractivity (Wildman–Crippen MR) is 99.2 cm³/mol. The first-order valence-electron chi connectivity index (χ1n) is 7.64. The van der Waals surface area contributed by atoms with E-state index in [4.69, 9.17) is 16.3 Å². The first-order chi connectivity index (χ1) is 12.0. The lowest BCUT2D eigenvalue weighted by molar-refractivity contribution is -0.119. The van der Waals surface area contributed by atoms with E-state index in [2.05, 4.69) is 10.6 Å². The molecule has 132 valence electrons. The highest BCUT2D eigenvalue weighted by molar-refractivity contribution is 6.30. The Bertz CT molecular complexity index is 735. The summed E-state index contributed by atoms with van der Waals surface area (Å²) >= 11 is 5.80. The monoisotopic (exact) mass is 361 g/mol. The predicted octanol–water partition coefficient (Wildman–Crippen LogP) is 2.86. The number of nitrogens with zero attached hydrogens (tertiary/aromatic N) is 1. The number of ether oxygens (including phenoxy) is 1. The number of rotatable bonds is 7. The van der Waals surface area contributed by atoms with Crippen LogP contribution in [0.5, 0.6) is 5.75 Å². The minimum Gasteiger partial charge on any atom is -0.497 e. The molecule has 0 fully saturated rings. The van der Waals surface area contributed by atoms with Crippen LogP contribution in [0.3, 0.4) is 0 Å². The summed E-state index contributed by atoms with van der Waals surface area (Å²) in [5, 5.41) is 6.12. The van der Waals surface area contributed by atoms with Gasteiger partial charge < -0.3 is 15.4 Å². The fraction of sp³-hybridized carbons (Fsp3) is 0.222. The minimum atomic E-state index is -0.213. The Morgan fingerprint density at radius 2 is 1.60 bits per heavy atom. The molecule has 0 aliphatic rings. The molecular formula is C18H20ClN3O3. The van der Waals surface area contributed by atoms with Crippen molar-refractivity contribution in [2.45, 2.75) is 0 Å². The molecule has 0 saturated heterocycles. The molecule has 0 aliphatic carbocycles. The van der Waals surface area contributed by atoms with Crippen molar-refractivity contribution in [1.29, 1.82) is 0 Å². The minimum absolute atomic E-state index is 0.0885. The van der Waals surface area contributed by atoms with Crippen LogP contribution in [0.15, 0.2) is 48.5 Å². The average Bonchev–Trinajstić information content (AvgIpc) is 2.56. The van der Waals surface area contributed by atoms with Gasteiger partial charge in [0.1, 0.15) is 5.75 Å². The second kappa shape index (κ2) is 9.05. The highest BCUT2D eigenvalue weighted by Gasteiger charge is 2.11. The van der Waals surface area contributed by atoms with Crippen molar-refractivity contribution in [1.82, 2.24) is 4.90 Å². The first-order valence-corrected chi connectivity index (χ1v) is 8.02. The third kappa shape index (κ3) is 6.45. The van der Waals surface area contributed by atoms with Gasteiger partial charge in [-0.25, -0.2) is 0 Å². The fourth-order valence-corrected chi connectivity index (χ4v) is 2.31. The quantitative estimate of drug-likeness (QED) is 0.795. The molecule has 2 rings (SSSR count). The fourth-order valence-electron chi connectivity index (χ4n) is 2.18. The molecule has 2 amide bonds. The van der Waals surface area contributed by atoms with E-state index in [0.29, 0.717) is 22.1 Å². The normalized spacial score (nSPS) is 10.4. The van der Waals surface area contributed by atoms with Crippen LogP contribution in [0, 0.1) is 0 Å². The number of amides is 2. The standard InChI is InChI=1S/C18H20ClN3O3/c1-22(11-17(23)20-14-8-6-13(19)7-9-14)12-18(24)21-15-4-3-5-16(10-15)25-2/h3-10H,11-12H2,1-2H3,(H,20,23)(H,21,24). The summed E-state index contributed by atoms with van der Waals surface area (Å²) in [6.45, 7) is 0.180. The molecular weight excluding hydrogens is 342 g/mol. The number of carbonyl (C=O) groups is 2. The molecule has 25 heavy (non-hydrogen) atoms.